The zero-order chi connectivity index (χ0) is 11.6. The Balaban J connectivity index is 1.89. The molecule has 3 aliphatic rings. The van der Waals surface area contributed by atoms with Crippen LogP contribution in [0, 0.1) is 5.92 Å². The number of alkyl halides is 1. The second kappa shape index (κ2) is 3.05. The van der Waals surface area contributed by atoms with E-state index in [1.165, 1.54) is 5.56 Å². The summed E-state index contributed by atoms with van der Waals surface area (Å²) in [6.07, 6.45) is 4.10. The maximum atomic E-state index is 12.4. The number of piperidine rings is 1. The van der Waals surface area contributed by atoms with Gasteiger partial charge >= 0.3 is 0 Å². The van der Waals surface area contributed by atoms with Crippen molar-refractivity contribution < 1.29 is 4.79 Å². The van der Waals surface area contributed by atoms with Crippen LogP contribution in [0.15, 0.2) is 24.3 Å². The summed E-state index contributed by atoms with van der Waals surface area (Å²) in [6.45, 7) is 0. The molecule has 0 N–H and O–H groups in total. The fraction of sp³-hybridized carbons (Fsp3) is 0.500. The number of aryl methyl sites for hydroxylation is 1. The number of nitrogens with zero attached hydrogens (tertiary/aromatic N) is 1. The Kier molecular flexibility index (Phi) is 1.79. The minimum atomic E-state index is 0.0442. The first-order valence-corrected chi connectivity index (χ1v) is 6.71. The minimum absolute atomic E-state index is 0.0442. The zero-order valence-corrected chi connectivity index (χ0v) is 10.3. The molecule has 0 aromatic heterocycles. The molecule has 1 amide bonds. The van der Waals surface area contributed by atoms with Crippen molar-refractivity contribution >= 4 is 23.2 Å². The van der Waals surface area contributed by atoms with Crippen LogP contribution < -0.4 is 4.90 Å². The van der Waals surface area contributed by atoms with Gasteiger partial charge in [0.15, 0.2) is 0 Å². The standard InChI is InChI=1S/C14H14ClNO/c15-11-8-14-6-5-9-3-1-2-4-12(9)16(14)13(17)10(11)7-14/h1-4,10-11H,5-8H2/t10-,11+,14+/m0/s1. The van der Waals surface area contributed by atoms with Gasteiger partial charge in [0.2, 0.25) is 5.91 Å². The summed E-state index contributed by atoms with van der Waals surface area (Å²) in [7, 11) is 0. The van der Waals surface area contributed by atoms with E-state index in [0.29, 0.717) is 0 Å². The van der Waals surface area contributed by atoms with Crippen molar-refractivity contribution in [2.45, 2.75) is 36.6 Å². The number of halogens is 1. The highest BCUT2D eigenvalue weighted by Crippen LogP contribution is 2.55. The smallest absolute Gasteiger partial charge is 0.232 e. The van der Waals surface area contributed by atoms with Crippen LogP contribution in [0.4, 0.5) is 5.69 Å². The topological polar surface area (TPSA) is 20.3 Å². The van der Waals surface area contributed by atoms with Crippen LogP contribution in [0.1, 0.15) is 24.8 Å². The summed E-state index contributed by atoms with van der Waals surface area (Å²) in [4.78, 5) is 14.5. The molecule has 2 bridgehead atoms. The van der Waals surface area contributed by atoms with Crippen LogP contribution in [-0.4, -0.2) is 16.8 Å². The van der Waals surface area contributed by atoms with Crippen LogP contribution in [0.5, 0.6) is 0 Å². The fourth-order valence-electron chi connectivity index (χ4n) is 3.95. The first-order valence-electron chi connectivity index (χ1n) is 6.27. The molecule has 17 heavy (non-hydrogen) atoms. The summed E-state index contributed by atoms with van der Waals surface area (Å²) in [5.41, 5.74) is 2.49. The lowest BCUT2D eigenvalue weighted by Crippen LogP contribution is -2.52. The number of benzene rings is 1. The Morgan fingerprint density at radius 1 is 1.29 bits per heavy atom. The van der Waals surface area contributed by atoms with Gasteiger partial charge in [0.1, 0.15) is 0 Å². The molecule has 2 fully saturated rings. The van der Waals surface area contributed by atoms with Crippen molar-refractivity contribution in [3.05, 3.63) is 29.8 Å². The average molecular weight is 248 g/mol. The number of rotatable bonds is 0. The highest BCUT2D eigenvalue weighted by atomic mass is 35.5. The van der Waals surface area contributed by atoms with Gasteiger partial charge in [-0.25, -0.2) is 0 Å². The Bertz CT molecular complexity index is 515. The number of para-hydroxylation sites is 1. The molecular formula is C14H14ClNO. The first-order chi connectivity index (χ1) is 8.21. The monoisotopic (exact) mass is 247 g/mol. The maximum Gasteiger partial charge on any atom is 0.232 e. The van der Waals surface area contributed by atoms with Gasteiger partial charge in [0.05, 0.1) is 11.5 Å². The van der Waals surface area contributed by atoms with E-state index in [0.717, 1.165) is 31.4 Å². The zero-order valence-electron chi connectivity index (χ0n) is 9.53. The third-order valence-electron chi connectivity index (χ3n) is 4.72. The van der Waals surface area contributed by atoms with Gasteiger partial charge in [-0.2, -0.15) is 0 Å². The van der Waals surface area contributed by atoms with E-state index in [2.05, 4.69) is 23.1 Å². The van der Waals surface area contributed by atoms with Crippen molar-refractivity contribution in [1.82, 2.24) is 0 Å². The minimum Gasteiger partial charge on any atom is -0.306 e. The number of hydrogen-bond donors (Lipinski definition) is 0. The molecule has 1 aromatic carbocycles. The summed E-state index contributed by atoms with van der Waals surface area (Å²) in [5, 5.41) is 0.0593. The van der Waals surface area contributed by atoms with Gasteiger partial charge in [0, 0.05) is 11.1 Å². The number of hydrogen-bond acceptors (Lipinski definition) is 1. The number of anilines is 1. The van der Waals surface area contributed by atoms with Crippen molar-refractivity contribution in [3.63, 3.8) is 0 Å². The van der Waals surface area contributed by atoms with Crippen LogP contribution in [0.25, 0.3) is 0 Å². The molecule has 88 valence electrons. The van der Waals surface area contributed by atoms with Crippen LogP contribution >= 0.6 is 11.6 Å². The molecule has 1 saturated carbocycles. The maximum absolute atomic E-state index is 12.4. The predicted molar refractivity (Wildman–Crippen MR) is 67.3 cm³/mol. The molecule has 2 heterocycles. The van der Waals surface area contributed by atoms with E-state index < -0.39 is 0 Å². The summed E-state index contributed by atoms with van der Waals surface area (Å²) in [5.74, 6) is 0.311. The molecule has 1 aliphatic carbocycles. The van der Waals surface area contributed by atoms with E-state index in [4.69, 9.17) is 11.6 Å². The van der Waals surface area contributed by atoms with Gasteiger partial charge in [0.25, 0.3) is 0 Å². The van der Waals surface area contributed by atoms with Gasteiger partial charge in [-0.1, -0.05) is 18.2 Å². The summed E-state index contributed by atoms with van der Waals surface area (Å²) < 4.78 is 0. The second-order valence-corrected chi connectivity index (χ2v) is 6.12. The second-order valence-electron chi connectivity index (χ2n) is 5.56. The molecule has 3 atom stereocenters. The van der Waals surface area contributed by atoms with Gasteiger partial charge in [-0.05, 0) is 37.3 Å². The van der Waals surface area contributed by atoms with Crippen molar-refractivity contribution in [2.24, 2.45) is 5.92 Å². The van der Waals surface area contributed by atoms with Crippen LogP contribution in [0.2, 0.25) is 0 Å². The number of fused-ring (bicyclic) bond motifs is 3. The molecular weight excluding hydrogens is 234 g/mol. The highest BCUT2D eigenvalue weighted by molar-refractivity contribution is 6.24. The Morgan fingerprint density at radius 3 is 3.00 bits per heavy atom. The van der Waals surface area contributed by atoms with Crippen molar-refractivity contribution in [2.75, 3.05) is 4.90 Å². The highest BCUT2D eigenvalue weighted by Gasteiger charge is 2.61. The summed E-state index contributed by atoms with van der Waals surface area (Å²) in [6, 6.07) is 8.30. The Labute approximate surface area is 106 Å². The fourth-order valence-corrected chi connectivity index (χ4v) is 4.43. The average Bonchev–Trinajstić information content (AvgIpc) is 2.80. The largest absolute Gasteiger partial charge is 0.306 e. The van der Waals surface area contributed by atoms with E-state index in [9.17, 15) is 4.79 Å². The molecule has 0 radical (unpaired) electrons. The molecule has 2 nitrogen and oxygen atoms in total. The third-order valence-corrected chi connectivity index (χ3v) is 5.17. The van der Waals surface area contributed by atoms with Gasteiger partial charge in [-0.3, -0.25) is 4.79 Å². The molecule has 1 saturated heterocycles. The van der Waals surface area contributed by atoms with E-state index in [1.54, 1.807) is 0 Å². The van der Waals surface area contributed by atoms with Gasteiger partial charge < -0.3 is 4.90 Å². The van der Waals surface area contributed by atoms with E-state index in [-0.39, 0.29) is 22.7 Å². The third kappa shape index (κ3) is 1.10. The molecule has 1 spiro atoms. The lowest BCUT2D eigenvalue weighted by Gasteiger charge is -2.44. The Hall–Kier alpha value is -1.02. The normalized spacial score (nSPS) is 38.2. The first kappa shape index (κ1) is 9.95. The van der Waals surface area contributed by atoms with E-state index >= 15 is 0 Å². The lowest BCUT2D eigenvalue weighted by atomic mass is 9.84. The van der Waals surface area contributed by atoms with Crippen LogP contribution in [0.3, 0.4) is 0 Å². The number of carbonyl (C=O) groups is 1. The Morgan fingerprint density at radius 2 is 2.12 bits per heavy atom. The van der Waals surface area contributed by atoms with Crippen molar-refractivity contribution in [3.8, 4) is 0 Å². The molecule has 4 rings (SSSR count). The summed E-state index contributed by atoms with van der Waals surface area (Å²) >= 11 is 6.30. The van der Waals surface area contributed by atoms with Crippen molar-refractivity contribution in [1.29, 1.82) is 0 Å². The quantitative estimate of drug-likeness (QED) is 0.646. The molecule has 2 aliphatic heterocycles. The molecule has 3 heteroatoms. The lowest BCUT2D eigenvalue weighted by molar-refractivity contribution is -0.121. The number of amides is 1. The van der Waals surface area contributed by atoms with Crippen LogP contribution in [-0.2, 0) is 11.2 Å². The predicted octanol–water partition coefficient (Wildman–Crippen LogP) is 2.74. The SMILES string of the molecule is O=C1[C@H]2C[C@]3(CCc4ccccc4N13)C[C@H]2Cl. The molecule has 1 aromatic rings. The van der Waals surface area contributed by atoms with E-state index in [1.807, 2.05) is 6.07 Å². The van der Waals surface area contributed by atoms with Gasteiger partial charge in [-0.15, -0.1) is 11.6 Å². The number of carbonyl (C=O) groups excluding carboxylic acids is 1. The molecule has 0 unspecified atom stereocenters.